The van der Waals surface area contributed by atoms with Crippen LogP contribution in [0.25, 0.3) is 16.5 Å². The zero-order valence-electron chi connectivity index (χ0n) is 13.0. The second-order valence-corrected chi connectivity index (χ2v) is 6.43. The van der Waals surface area contributed by atoms with Crippen molar-refractivity contribution in [3.8, 4) is 5.69 Å². The number of esters is 1. The first-order chi connectivity index (χ1) is 11.4. The summed E-state index contributed by atoms with van der Waals surface area (Å²) in [5, 5.41) is 7.32. The Balaban J connectivity index is 2.33. The van der Waals surface area contributed by atoms with Crippen molar-refractivity contribution in [3.05, 3.63) is 50.2 Å². The fourth-order valence-electron chi connectivity index (χ4n) is 2.31. The normalized spacial score (nSPS) is 11.0. The first-order valence-electron chi connectivity index (χ1n) is 7.17. The van der Waals surface area contributed by atoms with Crippen LogP contribution in [0.15, 0.2) is 28.4 Å². The number of hydrogen-bond acceptors (Lipinski definition) is 6. The van der Waals surface area contributed by atoms with Gasteiger partial charge in [0.15, 0.2) is 5.69 Å². The molecule has 0 atom stereocenters. The summed E-state index contributed by atoms with van der Waals surface area (Å²) >= 11 is 7.32. The average Bonchev–Trinajstić information content (AvgIpc) is 2.93. The molecule has 0 radical (unpaired) electrons. The molecule has 0 aliphatic carbocycles. The van der Waals surface area contributed by atoms with Crippen LogP contribution in [0.3, 0.4) is 0 Å². The third kappa shape index (κ3) is 2.65. The Kier molecular flexibility index (Phi) is 4.29. The Labute approximate surface area is 146 Å². The Morgan fingerprint density at radius 1 is 1.46 bits per heavy atom. The third-order valence-electron chi connectivity index (χ3n) is 3.55. The highest BCUT2D eigenvalue weighted by Gasteiger charge is 2.21. The number of halogens is 1. The highest BCUT2D eigenvalue weighted by molar-refractivity contribution is 7.15. The fourth-order valence-corrected chi connectivity index (χ4v) is 3.28. The Morgan fingerprint density at radius 2 is 2.21 bits per heavy atom. The quantitative estimate of drug-likeness (QED) is 0.722. The average molecular weight is 364 g/mol. The summed E-state index contributed by atoms with van der Waals surface area (Å²) in [6.45, 7) is 3.76. The van der Waals surface area contributed by atoms with Gasteiger partial charge in [-0.05, 0) is 31.5 Å². The number of hydrogen-bond donors (Lipinski definition) is 1. The van der Waals surface area contributed by atoms with Gasteiger partial charge in [-0.2, -0.15) is 9.78 Å². The van der Waals surface area contributed by atoms with E-state index in [2.05, 4.69) is 5.10 Å². The maximum Gasteiger partial charge on any atom is 0.359 e. The summed E-state index contributed by atoms with van der Waals surface area (Å²) in [6.07, 6.45) is 0. The second kappa shape index (κ2) is 6.26. The van der Waals surface area contributed by atoms with Gasteiger partial charge in [-0.1, -0.05) is 17.7 Å². The molecular formula is C16H14ClN3O3S. The van der Waals surface area contributed by atoms with Gasteiger partial charge >= 0.3 is 5.97 Å². The van der Waals surface area contributed by atoms with E-state index in [1.807, 2.05) is 6.92 Å². The van der Waals surface area contributed by atoms with Gasteiger partial charge in [-0.25, -0.2) is 4.79 Å². The number of carbonyl (C=O) groups is 1. The Hall–Kier alpha value is -2.38. The van der Waals surface area contributed by atoms with Crippen LogP contribution in [0.1, 0.15) is 23.0 Å². The molecule has 2 aromatic heterocycles. The molecule has 0 spiro atoms. The maximum atomic E-state index is 12.8. The van der Waals surface area contributed by atoms with Crippen LogP contribution < -0.4 is 11.3 Å². The van der Waals surface area contributed by atoms with Crippen LogP contribution in [-0.2, 0) is 4.74 Å². The molecule has 0 saturated carbocycles. The molecule has 8 heteroatoms. The summed E-state index contributed by atoms with van der Waals surface area (Å²) < 4.78 is 6.17. The Morgan fingerprint density at radius 3 is 2.88 bits per heavy atom. The summed E-state index contributed by atoms with van der Waals surface area (Å²) in [7, 11) is 0. The zero-order chi connectivity index (χ0) is 17.4. The zero-order valence-corrected chi connectivity index (χ0v) is 14.6. The van der Waals surface area contributed by atoms with E-state index in [1.165, 1.54) is 11.3 Å². The van der Waals surface area contributed by atoms with Crippen LogP contribution in [-0.4, -0.2) is 22.4 Å². The molecule has 24 heavy (non-hydrogen) atoms. The topological polar surface area (TPSA) is 87.2 Å². The smallest absolute Gasteiger partial charge is 0.359 e. The molecule has 6 nitrogen and oxygen atoms in total. The van der Waals surface area contributed by atoms with E-state index < -0.39 is 11.5 Å². The lowest BCUT2D eigenvalue weighted by molar-refractivity contribution is 0.0520. The number of ether oxygens (including phenoxy) is 1. The lowest BCUT2D eigenvalue weighted by Gasteiger charge is -2.10. The summed E-state index contributed by atoms with van der Waals surface area (Å²) in [4.78, 5) is 25.0. The van der Waals surface area contributed by atoms with E-state index in [0.717, 1.165) is 10.2 Å². The summed E-state index contributed by atoms with van der Waals surface area (Å²) in [6, 6.07) is 5.10. The molecule has 0 saturated heterocycles. The molecule has 0 aliphatic heterocycles. The molecule has 3 rings (SSSR count). The Bertz CT molecular complexity index is 1010. The second-order valence-electron chi connectivity index (χ2n) is 5.11. The van der Waals surface area contributed by atoms with Crippen molar-refractivity contribution in [2.45, 2.75) is 13.8 Å². The number of nitrogens with two attached hydrogens (primary N) is 1. The van der Waals surface area contributed by atoms with Gasteiger partial charge in [0.1, 0.15) is 0 Å². The molecule has 2 N–H and O–H groups in total. The van der Waals surface area contributed by atoms with Gasteiger partial charge in [0.05, 0.1) is 22.7 Å². The number of thiophene rings is 1. The summed E-state index contributed by atoms with van der Waals surface area (Å²) in [5.74, 6) is -0.604. The maximum absolute atomic E-state index is 12.8. The van der Waals surface area contributed by atoms with Crippen LogP contribution in [0.2, 0.25) is 5.02 Å². The minimum absolute atomic E-state index is 0.0519. The number of carbonyl (C=O) groups excluding carboxylic acids is 1. The number of aryl methyl sites for hydroxylation is 1. The van der Waals surface area contributed by atoms with Crippen molar-refractivity contribution < 1.29 is 9.53 Å². The van der Waals surface area contributed by atoms with Crippen molar-refractivity contribution in [1.29, 1.82) is 0 Å². The van der Waals surface area contributed by atoms with Crippen LogP contribution in [0, 0.1) is 6.92 Å². The molecular weight excluding hydrogens is 350 g/mol. The van der Waals surface area contributed by atoms with Crippen molar-refractivity contribution in [2.75, 3.05) is 12.3 Å². The van der Waals surface area contributed by atoms with E-state index in [1.54, 1.807) is 30.5 Å². The number of anilines is 1. The van der Waals surface area contributed by atoms with Crippen molar-refractivity contribution in [1.82, 2.24) is 9.78 Å². The number of rotatable bonds is 3. The lowest BCUT2D eigenvalue weighted by atomic mass is 10.2. The van der Waals surface area contributed by atoms with Crippen molar-refractivity contribution in [2.24, 2.45) is 0 Å². The van der Waals surface area contributed by atoms with E-state index >= 15 is 0 Å². The van der Waals surface area contributed by atoms with Gasteiger partial charge in [0.2, 0.25) is 0 Å². The molecule has 124 valence electrons. The number of aromatic nitrogens is 2. The highest BCUT2D eigenvalue weighted by atomic mass is 35.5. The molecule has 0 bridgehead atoms. The van der Waals surface area contributed by atoms with Gasteiger partial charge < -0.3 is 10.5 Å². The number of benzene rings is 1. The standard InChI is InChI=1S/C16H14ClN3O3S/c1-3-23-16(22)13-10-7-24-14(18)12(10)15(21)20(19-13)9-5-4-8(2)11(17)6-9/h4-7H,3,18H2,1-2H3. The van der Waals surface area contributed by atoms with E-state index in [-0.39, 0.29) is 17.7 Å². The molecule has 2 heterocycles. The fraction of sp³-hybridized carbons (Fsp3) is 0.188. The number of fused-ring (bicyclic) bond motifs is 1. The molecule has 0 unspecified atom stereocenters. The van der Waals surface area contributed by atoms with Crippen molar-refractivity contribution >= 4 is 44.7 Å². The number of nitrogen functional groups attached to an aromatic ring is 1. The first kappa shape index (κ1) is 16.5. The molecule has 0 fully saturated rings. The molecule has 0 amide bonds. The van der Waals surface area contributed by atoms with Gasteiger partial charge in [0, 0.05) is 15.8 Å². The molecule has 3 aromatic rings. The SMILES string of the molecule is CCOC(=O)c1nn(-c2ccc(C)c(Cl)c2)c(=O)c2c(N)scc12. The minimum Gasteiger partial charge on any atom is -0.461 e. The highest BCUT2D eigenvalue weighted by Crippen LogP contribution is 2.28. The van der Waals surface area contributed by atoms with Gasteiger partial charge in [0.25, 0.3) is 5.56 Å². The van der Waals surface area contributed by atoms with E-state index in [0.29, 0.717) is 21.1 Å². The largest absolute Gasteiger partial charge is 0.461 e. The first-order valence-corrected chi connectivity index (χ1v) is 8.43. The monoisotopic (exact) mass is 363 g/mol. The minimum atomic E-state index is -0.604. The molecule has 1 aromatic carbocycles. The predicted molar refractivity (Wildman–Crippen MR) is 95.3 cm³/mol. The van der Waals surface area contributed by atoms with Crippen LogP contribution >= 0.6 is 22.9 Å². The van der Waals surface area contributed by atoms with Gasteiger partial charge in [-0.3, -0.25) is 4.79 Å². The third-order valence-corrected chi connectivity index (χ3v) is 4.77. The van der Waals surface area contributed by atoms with Crippen molar-refractivity contribution in [3.63, 3.8) is 0 Å². The van der Waals surface area contributed by atoms with E-state index in [4.69, 9.17) is 22.1 Å². The lowest BCUT2D eigenvalue weighted by Crippen LogP contribution is -2.25. The predicted octanol–water partition coefficient (Wildman–Crippen LogP) is 3.17. The molecule has 0 aliphatic rings. The number of nitrogens with zero attached hydrogens (tertiary/aromatic N) is 2. The summed E-state index contributed by atoms with van der Waals surface area (Å²) in [5.41, 5.74) is 6.89. The van der Waals surface area contributed by atoms with Gasteiger partial charge in [-0.15, -0.1) is 11.3 Å². The van der Waals surface area contributed by atoms with Crippen LogP contribution in [0.4, 0.5) is 5.00 Å². The van der Waals surface area contributed by atoms with E-state index in [9.17, 15) is 9.59 Å². The van der Waals surface area contributed by atoms with Crippen LogP contribution in [0.5, 0.6) is 0 Å².